The van der Waals surface area contributed by atoms with E-state index in [2.05, 4.69) is 22.7 Å². The lowest BCUT2D eigenvalue weighted by molar-refractivity contribution is -0.117. The molecule has 1 aliphatic rings. The number of carbonyl (C=O) groups excluding carboxylic acids is 1. The third kappa shape index (κ3) is 5.05. The molecule has 2 aromatic rings. The summed E-state index contributed by atoms with van der Waals surface area (Å²) in [6, 6.07) is 4.69. The van der Waals surface area contributed by atoms with Crippen LogP contribution >= 0.6 is 12.4 Å². The topological polar surface area (TPSA) is 59.0 Å². The molecule has 7 heteroatoms. The van der Waals surface area contributed by atoms with E-state index in [0.29, 0.717) is 29.6 Å². The third-order valence-electron chi connectivity index (χ3n) is 4.89. The van der Waals surface area contributed by atoms with E-state index in [1.807, 2.05) is 6.92 Å². The number of halogens is 2. The Morgan fingerprint density at radius 3 is 2.77 bits per heavy atom. The molecule has 1 amide bonds. The molecule has 1 saturated heterocycles. The summed E-state index contributed by atoms with van der Waals surface area (Å²) in [5.41, 5.74) is 1.81. The number of hydrogen-bond acceptors (Lipinski definition) is 3. The highest BCUT2D eigenvalue weighted by atomic mass is 35.5. The van der Waals surface area contributed by atoms with Gasteiger partial charge >= 0.3 is 0 Å². The average molecular weight is 381 g/mol. The zero-order valence-corrected chi connectivity index (χ0v) is 16.0. The quantitative estimate of drug-likeness (QED) is 0.831. The molecular weight excluding hydrogens is 355 g/mol. The fourth-order valence-electron chi connectivity index (χ4n) is 3.40. The molecule has 0 aliphatic carbocycles. The van der Waals surface area contributed by atoms with E-state index >= 15 is 0 Å². The highest BCUT2D eigenvalue weighted by molar-refractivity contribution is 5.90. The average Bonchev–Trinajstić information content (AvgIpc) is 3.01. The monoisotopic (exact) mass is 380 g/mol. The van der Waals surface area contributed by atoms with Gasteiger partial charge in [-0.15, -0.1) is 12.4 Å². The smallest absolute Gasteiger partial charge is 0.224 e. The van der Waals surface area contributed by atoms with Gasteiger partial charge in [0.1, 0.15) is 5.69 Å². The van der Waals surface area contributed by atoms with Crippen LogP contribution in [0.4, 0.5) is 10.1 Å². The molecule has 0 radical (unpaired) electrons. The fourth-order valence-corrected chi connectivity index (χ4v) is 3.40. The van der Waals surface area contributed by atoms with Crippen LogP contribution in [0.3, 0.4) is 0 Å². The van der Waals surface area contributed by atoms with Gasteiger partial charge in [0, 0.05) is 18.3 Å². The first-order valence-corrected chi connectivity index (χ1v) is 8.84. The maximum Gasteiger partial charge on any atom is 0.224 e. The second-order valence-corrected chi connectivity index (χ2v) is 6.95. The number of piperidine rings is 1. The van der Waals surface area contributed by atoms with Crippen LogP contribution in [0.1, 0.15) is 31.7 Å². The minimum Gasteiger partial charge on any atom is -0.326 e. The highest BCUT2D eigenvalue weighted by Gasteiger charge is 2.22. The molecule has 142 valence electrons. The molecule has 1 atom stereocenters. The van der Waals surface area contributed by atoms with Crippen LogP contribution in [0, 0.1) is 24.6 Å². The van der Waals surface area contributed by atoms with Gasteiger partial charge in [-0.3, -0.25) is 4.79 Å². The van der Waals surface area contributed by atoms with E-state index in [4.69, 9.17) is 0 Å². The Bertz CT molecular complexity index is 743. The van der Waals surface area contributed by atoms with Crippen LogP contribution in [0.15, 0.2) is 30.6 Å². The molecule has 2 heterocycles. The molecule has 1 aromatic carbocycles. The molecule has 1 fully saturated rings. The summed E-state index contributed by atoms with van der Waals surface area (Å²) in [6.07, 6.45) is 6.13. The lowest BCUT2D eigenvalue weighted by atomic mass is 9.84. The van der Waals surface area contributed by atoms with E-state index in [0.717, 1.165) is 31.5 Å². The summed E-state index contributed by atoms with van der Waals surface area (Å²) < 4.78 is 15.8. The van der Waals surface area contributed by atoms with Crippen LogP contribution in [-0.4, -0.2) is 28.8 Å². The Morgan fingerprint density at radius 1 is 1.42 bits per heavy atom. The Kier molecular flexibility index (Phi) is 7.17. The largest absolute Gasteiger partial charge is 0.326 e. The van der Waals surface area contributed by atoms with Crippen molar-refractivity contribution >= 4 is 24.0 Å². The van der Waals surface area contributed by atoms with Crippen molar-refractivity contribution in [3.8, 4) is 5.69 Å². The van der Waals surface area contributed by atoms with Gasteiger partial charge in [-0.1, -0.05) is 6.92 Å². The maximum atomic E-state index is 14.3. The first-order chi connectivity index (χ1) is 12.0. The van der Waals surface area contributed by atoms with Crippen LogP contribution in [0.25, 0.3) is 5.69 Å². The SMILES string of the molecule is Cc1cnn(-c2ccc(NC(=O)CC(C)C3CCNCC3)cc2F)c1.Cl. The number of anilines is 1. The molecule has 1 aliphatic heterocycles. The number of rotatable bonds is 5. The predicted octanol–water partition coefficient (Wildman–Crippen LogP) is 3.71. The second-order valence-electron chi connectivity index (χ2n) is 6.95. The number of benzene rings is 1. The van der Waals surface area contributed by atoms with Crippen LogP contribution in [0.5, 0.6) is 0 Å². The van der Waals surface area contributed by atoms with Crippen LogP contribution in [0.2, 0.25) is 0 Å². The number of hydrogen-bond donors (Lipinski definition) is 2. The maximum absolute atomic E-state index is 14.3. The van der Waals surface area contributed by atoms with Crippen LogP contribution in [-0.2, 0) is 4.79 Å². The zero-order chi connectivity index (χ0) is 17.8. The number of nitrogens with one attached hydrogen (secondary N) is 2. The predicted molar refractivity (Wildman–Crippen MR) is 104 cm³/mol. The van der Waals surface area contributed by atoms with Gasteiger partial charge in [0.05, 0.1) is 6.20 Å². The van der Waals surface area contributed by atoms with Gasteiger partial charge in [0.2, 0.25) is 5.91 Å². The molecule has 0 spiro atoms. The van der Waals surface area contributed by atoms with Gasteiger partial charge in [-0.05, 0) is 68.5 Å². The number of carbonyl (C=O) groups is 1. The first kappa shape index (κ1) is 20.4. The van der Waals surface area contributed by atoms with Gasteiger partial charge in [0.15, 0.2) is 5.82 Å². The van der Waals surface area contributed by atoms with E-state index in [1.54, 1.807) is 24.5 Å². The number of aryl methyl sites for hydroxylation is 1. The first-order valence-electron chi connectivity index (χ1n) is 8.84. The summed E-state index contributed by atoms with van der Waals surface area (Å²) in [7, 11) is 0. The van der Waals surface area contributed by atoms with Crippen molar-refractivity contribution in [3.05, 3.63) is 42.0 Å². The highest BCUT2D eigenvalue weighted by Crippen LogP contribution is 2.25. The Hall–Kier alpha value is -1.92. The molecular formula is C19H26ClFN4O. The van der Waals surface area contributed by atoms with Crippen molar-refractivity contribution in [1.82, 2.24) is 15.1 Å². The Morgan fingerprint density at radius 2 is 2.15 bits per heavy atom. The van der Waals surface area contributed by atoms with Crippen molar-refractivity contribution in [1.29, 1.82) is 0 Å². The molecule has 1 aromatic heterocycles. The molecule has 0 saturated carbocycles. The van der Waals surface area contributed by atoms with Crippen LogP contribution < -0.4 is 10.6 Å². The standard InChI is InChI=1S/C19H25FN4O.ClH/c1-13-11-22-24(12-13)18-4-3-16(10-17(18)20)23-19(25)9-14(2)15-5-7-21-8-6-15;/h3-4,10-12,14-15,21H,5-9H2,1-2H3,(H,23,25);1H. The second kappa shape index (κ2) is 9.14. The van der Waals surface area contributed by atoms with Crippen molar-refractivity contribution in [2.45, 2.75) is 33.1 Å². The molecule has 3 rings (SSSR count). The minimum absolute atomic E-state index is 0. The Balaban J connectivity index is 0.00000243. The summed E-state index contributed by atoms with van der Waals surface area (Å²) in [5.74, 6) is 0.438. The van der Waals surface area contributed by atoms with E-state index in [1.165, 1.54) is 10.7 Å². The van der Waals surface area contributed by atoms with Gasteiger partial charge in [-0.2, -0.15) is 5.10 Å². The van der Waals surface area contributed by atoms with Crippen molar-refractivity contribution in [3.63, 3.8) is 0 Å². The normalized spacial score (nSPS) is 16.0. The fraction of sp³-hybridized carbons (Fsp3) is 0.474. The molecule has 0 bridgehead atoms. The number of nitrogens with zero attached hydrogens (tertiary/aromatic N) is 2. The van der Waals surface area contributed by atoms with Crippen molar-refractivity contribution in [2.75, 3.05) is 18.4 Å². The van der Waals surface area contributed by atoms with Gasteiger partial charge in [-0.25, -0.2) is 9.07 Å². The van der Waals surface area contributed by atoms with Gasteiger partial charge in [0.25, 0.3) is 0 Å². The summed E-state index contributed by atoms with van der Waals surface area (Å²) in [4.78, 5) is 12.3. The Labute approximate surface area is 159 Å². The molecule has 26 heavy (non-hydrogen) atoms. The lowest BCUT2D eigenvalue weighted by Crippen LogP contribution is -2.32. The molecule has 1 unspecified atom stereocenters. The zero-order valence-electron chi connectivity index (χ0n) is 15.2. The molecule has 5 nitrogen and oxygen atoms in total. The summed E-state index contributed by atoms with van der Waals surface area (Å²) in [6.45, 7) is 6.07. The van der Waals surface area contributed by atoms with E-state index in [-0.39, 0.29) is 18.3 Å². The summed E-state index contributed by atoms with van der Waals surface area (Å²) in [5, 5.41) is 10.3. The molecule has 2 N–H and O–H groups in total. The lowest BCUT2D eigenvalue weighted by Gasteiger charge is -2.27. The number of aromatic nitrogens is 2. The van der Waals surface area contributed by atoms with E-state index in [9.17, 15) is 9.18 Å². The number of amides is 1. The van der Waals surface area contributed by atoms with Gasteiger partial charge < -0.3 is 10.6 Å². The van der Waals surface area contributed by atoms with E-state index < -0.39 is 5.82 Å². The minimum atomic E-state index is -0.410. The van der Waals surface area contributed by atoms with Crippen molar-refractivity contribution < 1.29 is 9.18 Å². The van der Waals surface area contributed by atoms with Crippen molar-refractivity contribution in [2.24, 2.45) is 11.8 Å². The third-order valence-corrected chi connectivity index (χ3v) is 4.89. The summed E-state index contributed by atoms with van der Waals surface area (Å²) >= 11 is 0.